The third-order valence-electron chi connectivity index (χ3n) is 9.71. The zero-order chi connectivity index (χ0) is 25.4. The summed E-state index contributed by atoms with van der Waals surface area (Å²) in [5.74, 6) is 1.74. The van der Waals surface area contributed by atoms with Crippen LogP contribution < -0.4 is 0 Å². The molecule has 2 fully saturated rings. The Morgan fingerprint density at radius 2 is 1.06 bits per heavy atom. The van der Waals surface area contributed by atoms with Gasteiger partial charge in [-0.05, 0) is 107 Å². The highest BCUT2D eigenvalue weighted by molar-refractivity contribution is 4.97. The molecule has 0 aliphatic carbocycles. The van der Waals surface area contributed by atoms with E-state index in [2.05, 4.69) is 79.2 Å². The van der Waals surface area contributed by atoms with Crippen LogP contribution in [0.25, 0.3) is 0 Å². The number of hydrogen-bond donors (Lipinski definition) is 0. The molecule has 0 aromatic carbocycles. The Morgan fingerprint density at radius 3 is 1.45 bits per heavy atom. The lowest BCUT2D eigenvalue weighted by Gasteiger charge is -2.53. The van der Waals surface area contributed by atoms with E-state index < -0.39 is 0 Å². The Labute approximate surface area is 212 Å². The molecule has 0 atom stereocenters. The Balaban J connectivity index is 0. The maximum Gasteiger partial charge on any atom is 0.0158 e. The predicted molar refractivity (Wildman–Crippen MR) is 154 cm³/mol. The van der Waals surface area contributed by atoms with Crippen molar-refractivity contribution in [3.8, 4) is 0 Å². The summed E-state index contributed by atoms with van der Waals surface area (Å²) in [7, 11) is 2.28. The van der Waals surface area contributed by atoms with Crippen molar-refractivity contribution in [2.24, 2.45) is 28.1 Å². The average molecular weight is 469 g/mol. The molecule has 0 amide bonds. The van der Waals surface area contributed by atoms with Gasteiger partial charge in [-0.1, -0.05) is 90.0 Å². The Bertz CT molecular complexity index is 487. The van der Waals surface area contributed by atoms with Gasteiger partial charge in [0.1, 0.15) is 0 Å². The highest BCUT2D eigenvalue weighted by Gasteiger charge is 2.45. The van der Waals surface area contributed by atoms with Crippen LogP contribution in [0.5, 0.6) is 0 Å². The zero-order valence-corrected chi connectivity index (χ0v) is 25.1. The van der Waals surface area contributed by atoms with E-state index in [4.69, 9.17) is 0 Å². The first-order valence-corrected chi connectivity index (χ1v) is 14.2. The van der Waals surface area contributed by atoms with Gasteiger partial charge in [-0.2, -0.15) is 0 Å². The highest BCUT2D eigenvalue weighted by Crippen LogP contribution is 2.51. The van der Waals surface area contributed by atoms with Gasteiger partial charge in [-0.15, -0.1) is 0 Å². The van der Waals surface area contributed by atoms with Crippen LogP contribution in [0.1, 0.15) is 136 Å². The van der Waals surface area contributed by atoms with E-state index in [-0.39, 0.29) is 7.43 Å². The molecule has 2 aliphatic heterocycles. The lowest BCUT2D eigenvalue weighted by atomic mass is 9.58. The van der Waals surface area contributed by atoms with Gasteiger partial charge in [0.05, 0.1) is 0 Å². The lowest BCUT2D eigenvalue weighted by Crippen LogP contribution is -2.53. The van der Waals surface area contributed by atoms with Crippen LogP contribution in [0.2, 0.25) is 0 Å². The third kappa shape index (κ3) is 9.14. The maximum absolute atomic E-state index is 2.83. The topological polar surface area (TPSA) is 6.48 Å². The molecule has 0 aromatic heterocycles. The summed E-state index contributed by atoms with van der Waals surface area (Å²) < 4.78 is 0. The molecule has 2 saturated heterocycles. The van der Waals surface area contributed by atoms with E-state index in [1.807, 2.05) is 27.7 Å². The van der Waals surface area contributed by atoms with Gasteiger partial charge in [0.15, 0.2) is 0 Å². The van der Waals surface area contributed by atoms with E-state index in [9.17, 15) is 0 Å². The molecule has 33 heavy (non-hydrogen) atoms. The molecule has 0 spiro atoms. The summed E-state index contributed by atoms with van der Waals surface area (Å²) in [6.45, 7) is 35.6. The second kappa shape index (κ2) is 14.5. The minimum atomic E-state index is 0. The molecule has 2 rings (SSSR count). The van der Waals surface area contributed by atoms with Crippen molar-refractivity contribution in [2.75, 3.05) is 33.2 Å². The van der Waals surface area contributed by atoms with E-state index in [1.165, 1.54) is 64.7 Å². The van der Waals surface area contributed by atoms with Crippen molar-refractivity contribution in [3.05, 3.63) is 0 Å². The fourth-order valence-electron chi connectivity index (χ4n) is 6.38. The summed E-state index contributed by atoms with van der Waals surface area (Å²) in [5.41, 5.74) is 1.59. The van der Waals surface area contributed by atoms with Crippen molar-refractivity contribution < 1.29 is 0 Å². The van der Waals surface area contributed by atoms with Gasteiger partial charge in [-0.25, -0.2) is 0 Å². The molecule has 0 radical (unpaired) electrons. The molecule has 2 heteroatoms. The first-order valence-electron chi connectivity index (χ1n) is 14.2. The van der Waals surface area contributed by atoms with E-state index >= 15 is 0 Å². The molecule has 0 aromatic rings. The van der Waals surface area contributed by atoms with E-state index in [1.54, 1.807) is 0 Å². The molecule has 202 valence electrons. The minimum Gasteiger partial charge on any atom is -0.306 e. The largest absolute Gasteiger partial charge is 0.306 e. The van der Waals surface area contributed by atoms with Crippen LogP contribution in [0.4, 0.5) is 0 Å². The first-order chi connectivity index (χ1) is 14.7. The Morgan fingerprint density at radius 1 is 0.667 bits per heavy atom. The summed E-state index contributed by atoms with van der Waals surface area (Å²) in [4.78, 5) is 5.33. The smallest absolute Gasteiger partial charge is 0.0158 e. The van der Waals surface area contributed by atoms with Crippen molar-refractivity contribution in [3.63, 3.8) is 0 Å². The van der Waals surface area contributed by atoms with E-state index in [0.29, 0.717) is 21.8 Å². The summed E-state index contributed by atoms with van der Waals surface area (Å²) in [6, 6.07) is 0. The molecular formula is C31H68N2. The van der Waals surface area contributed by atoms with Crippen molar-refractivity contribution in [2.45, 2.75) is 141 Å². The third-order valence-corrected chi connectivity index (χ3v) is 9.71. The van der Waals surface area contributed by atoms with E-state index in [0.717, 1.165) is 11.8 Å². The van der Waals surface area contributed by atoms with Crippen molar-refractivity contribution in [1.82, 2.24) is 9.80 Å². The normalized spacial score (nSPS) is 20.2. The van der Waals surface area contributed by atoms with Gasteiger partial charge < -0.3 is 4.90 Å². The lowest BCUT2D eigenvalue weighted by molar-refractivity contribution is -0.0346. The van der Waals surface area contributed by atoms with Crippen molar-refractivity contribution in [1.29, 1.82) is 0 Å². The molecule has 0 N–H and O–H groups in total. The quantitative estimate of drug-likeness (QED) is 0.367. The average Bonchev–Trinajstić information content (AvgIpc) is 2.76. The molecule has 2 nitrogen and oxygen atoms in total. The Kier molecular flexibility index (Phi) is 15.4. The second-order valence-electron chi connectivity index (χ2n) is 12.8. The van der Waals surface area contributed by atoms with Gasteiger partial charge >= 0.3 is 0 Å². The van der Waals surface area contributed by atoms with Crippen LogP contribution in [-0.4, -0.2) is 48.6 Å². The van der Waals surface area contributed by atoms with Crippen LogP contribution in [-0.2, 0) is 0 Å². The zero-order valence-electron chi connectivity index (χ0n) is 25.1. The van der Waals surface area contributed by atoms with Gasteiger partial charge in [0.25, 0.3) is 0 Å². The highest BCUT2D eigenvalue weighted by atomic mass is 15.2. The van der Waals surface area contributed by atoms with Gasteiger partial charge in [-0.3, -0.25) is 4.90 Å². The fourth-order valence-corrected chi connectivity index (χ4v) is 6.38. The molecule has 0 unspecified atom stereocenters. The number of nitrogens with zero attached hydrogens (tertiary/aromatic N) is 2. The number of likely N-dealkylation sites (tertiary alicyclic amines) is 2. The standard InChI is InChI=1S/C26H52N2.2C2H6.CH4/c1-11-24(4,5)26(8,9)22-14-18-28(19-15-22)25(6,7)20-23(2,3)21-12-16-27(10)17-13-21;2*1-2;/h21-22H,11-20H2,1-10H3;2*1-2H3;1H4. The summed E-state index contributed by atoms with van der Waals surface area (Å²) >= 11 is 0. The molecule has 0 saturated carbocycles. The van der Waals surface area contributed by atoms with Crippen molar-refractivity contribution >= 4 is 0 Å². The number of hydrogen-bond acceptors (Lipinski definition) is 2. The van der Waals surface area contributed by atoms with Crippen LogP contribution in [0, 0.1) is 28.1 Å². The molecule has 2 heterocycles. The maximum atomic E-state index is 2.83. The Hall–Kier alpha value is -0.0800. The summed E-state index contributed by atoms with van der Waals surface area (Å²) in [5, 5.41) is 0. The predicted octanol–water partition coefficient (Wildman–Crippen LogP) is 9.39. The molecular weight excluding hydrogens is 400 g/mol. The minimum absolute atomic E-state index is 0. The SMILES string of the molecule is C.CC.CC.CCC(C)(C)C(C)(C)C1CCN(C(C)(C)CC(C)(C)C2CCN(C)CC2)CC1. The summed E-state index contributed by atoms with van der Waals surface area (Å²) in [6.07, 6.45) is 8.09. The molecule has 2 aliphatic rings. The van der Waals surface area contributed by atoms with Crippen LogP contribution in [0.3, 0.4) is 0 Å². The van der Waals surface area contributed by atoms with Gasteiger partial charge in [0.2, 0.25) is 0 Å². The van der Waals surface area contributed by atoms with Crippen LogP contribution in [0.15, 0.2) is 0 Å². The molecule has 0 bridgehead atoms. The van der Waals surface area contributed by atoms with Gasteiger partial charge in [0, 0.05) is 5.54 Å². The number of piperidine rings is 2. The monoisotopic (exact) mass is 469 g/mol. The second-order valence-corrected chi connectivity index (χ2v) is 12.8. The fraction of sp³-hybridized carbons (Fsp3) is 1.00. The number of rotatable bonds is 7. The first kappa shape index (κ1) is 35.1. The van der Waals surface area contributed by atoms with Crippen LogP contribution >= 0.6 is 0 Å².